The molecule has 1 saturated carbocycles. The third-order valence-corrected chi connectivity index (χ3v) is 5.49. The summed E-state index contributed by atoms with van der Waals surface area (Å²) in [7, 11) is 0. The first kappa shape index (κ1) is 13.6. The molecule has 0 aromatic carbocycles. The van der Waals surface area contributed by atoms with Gasteiger partial charge in [-0.2, -0.15) is 0 Å². The molecule has 1 N–H and O–H groups in total. The number of aliphatic carboxylic acids is 1. The van der Waals surface area contributed by atoms with Crippen LogP contribution in [-0.2, 0) is 10.3 Å². The summed E-state index contributed by atoms with van der Waals surface area (Å²) in [5.74, 6) is -0.986. The van der Waals surface area contributed by atoms with E-state index < -0.39 is 5.97 Å². The number of rotatable bonds is 4. The molecular formula is C13H14N2O3S2. The number of carboxylic acid groups (broad SMARTS) is 1. The Morgan fingerprint density at radius 2 is 2.35 bits per heavy atom. The van der Waals surface area contributed by atoms with E-state index in [-0.39, 0.29) is 16.9 Å². The number of hydrogen-bond donors (Lipinski definition) is 1. The van der Waals surface area contributed by atoms with Crippen molar-refractivity contribution in [1.29, 1.82) is 0 Å². The predicted octanol–water partition coefficient (Wildman–Crippen LogP) is 2.53. The fourth-order valence-corrected chi connectivity index (χ4v) is 4.16. The Hall–Kier alpha value is -1.34. The van der Waals surface area contributed by atoms with Gasteiger partial charge in [0.2, 0.25) is 0 Å². The highest BCUT2D eigenvalue weighted by Gasteiger charge is 2.37. The van der Waals surface area contributed by atoms with E-state index in [2.05, 4.69) is 4.98 Å². The van der Waals surface area contributed by atoms with Gasteiger partial charge in [0.25, 0.3) is 5.56 Å². The Morgan fingerprint density at radius 1 is 1.60 bits per heavy atom. The molecule has 0 amide bonds. The molecule has 1 aliphatic rings. The van der Waals surface area contributed by atoms with E-state index in [1.807, 2.05) is 12.3 Å². The minimum atomic E-state index is -0.902. The summed E-state index contributed by atoms with van der Waals surface area (Å²) in [6, 6.07) is 1.79. The van der Waals surface area contributed by atoms with E-state index in [1.54, 1.807) is 10.6 Å². The third-order valence-electron chi connectivity index (χ3n) is 3.76. The molecular weight excluding hydrogens is 296 g/mol. The van der Waals surface area contributed by atoms with Crippen molar-refractivity contribution in [2.75, 3.05) is 5.75 Å². The predicted molar refractivity (Wildman–Crippen MR) is 79.7 cm³/mol. The molecule has 5 nitrogen and oxygen atoms in total. The standard InChI is InChI=1S/C13H14N2O3S2/c1-13(4-2-5-13)15-11(18)8-3-6-19-10(8)14-12(15)20-7-9(16)17/h3,6H,2,4-5,7H2,1H3,(H,16,17). The smallest absolute Gasteiger partial charge is 0.313 e. The second-order valence-corrected chi connectivity index (χ2v) is 7.04. The molecule has 7 heteroatoms. The molecule has 0 atom stereocenters. The maximum Gasteiger partial charge on any atom is 0.313 e. The molecule has 1 fully saturated rings. The van der Waals surface area contributed by atoms with Crippen molar-refractivity contribution in [3.05, 3.63) is 21.8 Å². The molecule has 20 heavy (non-hydrogen) atoms. The van der Waals surface area contributed by atoms with Crippen molar-refractivity contribution in [3.8, 4) is 0 Å². The topological polar surface area (TPSA) is 72.2 Å². The first-order chi connectivity index (χ1) is 9.51. The second-order valence-electron chi connectivity index (χ2n) is 5.21. The number of carbonyl (C=O) groups is 1. The molecule has 1 aliphatic carbocycles. The zero-order chi connectivity index (χ0) is 14.3. The molecule has 0 unspecified atom stereocenters. The van der Waals surface area contributed by atoms with Crippen molar-refractivity contribution >= 4 is 39.3 Å². The second kappa shape index (κ2) is 4.89. The number of thioether (sulfide) groups is 1. The number of hydrogen-bond acceptors (Lipinski definition) is 5. The Balaban J connectivity index is 2.16. The van der Waals surface area contributed by atoms with Crippen LogP contribution < -0.4 is 5.56 Å². The van der Waals surface area contributed by atoms with Crippen LogP contribution in [0.15, 0.2) is 21.4 Å². The Kier molecular flexibility index (Phi) is 3.33. The molecule has 0 radical (unpaired) electrons. The van der Waals surface area contributed by atoms with Crippen LogP contribution in [0.2, 0.25) is 0 Å². The summed E-state index contributed by atoms with van der Waals surface area (Å²) >= 11 is 2.53. The van der Waals surface area contributed by atoms with Crippen LogP contribution in [-0.4, -0.2) is 26.4 Å². The lowest BCUT2D eigenvalue weighted by molar-refractivity contribution is -0.133. The van der Waals surface area contributed by atoms with Gasteiger partial charge in [-0.05, 0) is 37.6 Å². The summed E-state index contributed by atoms with van der Waals surface area (Å²) in [4.78, 5) is 28.6. The zero-order valence-corrected chi connectivity index (χ0v) is 12.6. The molecule has 2 aromatic rings. The summed E-state index contributed by atoms with van der Waals surface area (Å²) in [6.07, 6.45) is 2.96. The fourth-order valence-electron chi connectivity index (χ4n) is 2.51. The lowest BCUT2D eigenvalue weighted by Crippen LogP contribution is -2.45. The monoisotopic (exact) mass is 310 g/mol. The highest BCUT2D eigenvalue weighted by Crippen LogP contribution is 2.40. The lowest BCUT2D eigenvalue weighted by atomic mass is 9.78. The van der Waals surface area contributed by atoms with Gasteiger partial charge in [-0.1, -0.05) is 11.8 Å². The fraction of sp³-hybridized carbons (Fsp3) is 0.462. The van der Waals surface area contributed by atoms with Crippen LogP contribution in [0.5, 0.6) is 0 Å². The van der Waals surface area contributed by atoms with Gasteiger partial charge >= 0.3 is 5.97 Å². The average Bonchev–Trinajstić information content (AvgIpc) is 2.82. The number of aromatic nitrogens is 2. The van der Waals surface area contributed by atoms with Crippen molar-refractivity contribution in [1.82, 2.24) is 9.55 Å². The average molecular weight is 310 g/mol. The van der Waals surface area contributed by atoms with Gasteiger partial charge in [0.05, 0.1) is 11.1 Å². The molecule has 2 aromatic heterocycles. The highest BCUT2D eigenvalue weighted by molar-refractivity contribution is 7.99. The molecule has 2 heterocycles. The van der Waals surface area contributed by atoms with Gasteiger partial charge in [-0.25, -0.2) is 4.98 Å². The number of fused-ring (bicyclic) bond motifs is 1. The van der Waals surface area contributed by atoms with E-state index in [0.29, 0.717) is 15.4 Å². The van der Waals surface area contributed by atoms with E-state index in [0.717, 1.165) is 31.0 Å². The number of nitrogens with zero attached hydrogens (tertiary/aromatic N) is 2. The first-order valence-corrected chi connectivity index (χ1v) is 8.23. The van der Waals surface area contributed by atoms with Gasteiger partial charge in [0.1, 0.15) is 4.83 Å². The van der Waals surface area contributed by atoms with Crippen LogP contribution in [0.25, 0.3) is 10.2 Å². The number of carboxylic acids is 1. The van der Waals surface area contributed by atoms with E-state index in [1.165, 1.54) is 11.3 Å². The highest BCUT2D eigenvalue weighted by atomic mass is 32.2. The third kappa shape index (κ3) is 2.14. The van der Waals surface area contributed by atoms with E-state index in [4.69, 9.17) is 5.11 Å². The maximum atomic E-state index is 12.7. The maximum absolute atomic E-state index is 12.7. The zero-order valence-electron chi connectivity index (χ0n) is 11.0. The molecule has 106 valence electrons. The summed E-state index contributed by atoms with van der Waals surface area (Å²) < 4.78 is 1.71. The van der Waals surface area contributed by atoms with E-state index >= 15 is 0 Å². The summed E-state index contributed by atoms with van der Waals surface area (Å²) in [6.45, 7) is 2.04. The van der Waals surface area contributed by atoms with E-state index in [9.17, 15) is 9.59 Å². The molecule has 0 spiro atoms. The van der Waals surface area contributed by atoms with Gasteiger partial charge in [-0.3, -0.25) is 14.2 Å². The summed E-state index contributed by atoms with van der Waals surface area (Å²) in [5.41, 5.74) is -0.271. The van der Waals surface area contributed by atoms with Crippen LogP contribution in [0.1, 0.15) is 26.2 Å². The minimum absolute atomic E-state index is 0.0497. The molecule has 3 rings (SSSR count). The Morgan fingerprint density at radius 3 is 2.95 bits per heavy atom. The first-order valence-electron chi connectivity index (χ1n) is 6.37. The number of thiophene rings is 1. The van der Waals surface area contributed by atoms with Gasteiger partial charge in [-0.15, -0.1) is 11.3 Å². The quantitative estimate of drug-likeness (QED) is 0.694. The van der Waals surface area contributed by atoms with Crippen LogP contribution in [0, 0.1) is 0 Å². The van der Waals surface area contributed by atoms with Crippen molar-refractivity contribution < 1.29 is 9.90 Å². The van der Waals surface area contributed by atoms with Crippen LogP contribution >= 0.6 is 23.1 Å². The van der Waals surface area contributed by atoms with Crippen LogP contribution in [0.3, 0.4) is 0 Å². The van der Waals surface area contributed by atoms with Crippen molar-refractivity contribution in [2.45, 2.75) is 36.9 Å². The van der Waals surface area contributed by atoms with Gasteiger partial charge in [0, 0.05) is 5.54 Å². The summed E-state index contributed by atoms with van der Waals surface area (Å²) in [5, 5.41) is 11.8. The normalized spacial score (nSPS) is 17.1. The molecule has 0 bridgehead atoms. The van der Waals surface area contributed by atoms with Crippen LogP contribution in [0.4, 0.5) is 0 Å². The Bertz CT molecular complexity index is 731. The minimum Gasteiger partial charge on any atom is -0.481 e. The largest absolute Gasteiger partial charge is 0.481 e. The van der Waals surface area contributed by atoms with Crippen molar-refractivity contribution in [2.24, 2.45) is 0 Å². The Labute approximate surface area is 123 Å². The SMILES string of the molecule is CC1(n2c(SCC(=O)O)nc3sccc3c2=O)CCC1. The lowest BCUT2D eigenvalue weighted by Gasteiger charge is -2.40. The van der Waals surface area contributed by atoms with Crippen molar-refractivity contribution in [3.63, 3.8) is 0 Å². The van der Waals surface area contributed by atoms with Gasteiger partial charge in [0.15, 0.2) is 5.16 Å². The molecule has 0 saturated heterocycles. The molecule has 0 aliphatic heterocycles. The van der Waals surface area contributed by atoms with Gasteiger partial charge < -0.3 is 5.11 Å².